The molecule has 1 rings (SSSR count). The summed E-state index contributed by atoms with van der Waals surface area (Å²) in [4.78, 5) is 22.4. The van der Waals surface area contributed by atoms with Crippen molar-refractivity contribution < 1.29 is 19.4 Å². The van der Waals surface area contributed by atoms with Crippen molar-refractivity contribution in [3.63, 3.8) is 0 Å². The highest BCUT2D eigenvalue weighted by Crippen LogP contribution is 2.03. The number of ether oxygens (including phenoxy) is 1. The van der Waals surface area contributed by atoms with E-state index in [-0.39, 0.29) is 0 Å². The van der Waals surface area contributed by atoms with E-state index >= 15 is 0 Å². The maximum absolute atomic E-state index is 11.8. The highest BCUT2D eigenvalue weighted by molar-refractivity contribution is 5.95. The Morgan fingerprint density at radius 1 is 1.59 bits per heavy atom. The second-order valence-electron chi connectivity index (χ2n) is 3.61. The Morgan fingerprint density at radius 2 is 2.29 bits per heavy atom. The first-order valence-electron chi connectivity index (χ1n) is 5.24. The molecule has 6 heteroatoms. The summed E-state index contributed by atoms with van der Waals surface area (Å²) in [7, 11) is 1.58. The van der Waals surface area contributed by atoms with Crippen LogP contribution in [0.4, 0.5) is 0 Å². The molecule has 0 saturated carbocycles. The zero-order valence-corrected chi connectivity index (χ0v) is 9.84. The Morgan fingerprint density at radius 3 is 2.88 bits per heavy atom. The molecule has 94 valence electrons. The highest BCUT2D eigenvalue weighted by atomic mass is 16.5. The lowest BCUT2D eigenvalue weighted by molar-refractivity contribution is -0.138. The van der Waals surface area contributed by atoms with E-state index in [2.05, 4.69) is 5.32 Å². The van der Waals surface area contributed by atoms with Gasteiger partial charge in [-0.3, -0.25) is 9.59 Å². The van der Waals surface area contributed by atoms with Gasteiger partial charge in [0, 0.05) is 19.9 Å². The summed E-state index contributed by atoms with van der Waals surface area (Å²) in [5.41, 5.74) is 0.426. The minimum atomic E-state index is -1.06. The monoisotopic (exact) mass is 240 g/mol. The fraction of sp³-hybridized carbons (Fsp3) is 0.455. The summed E-state index contributed by atoms with van der Waals surface area (Å²) in [5, 5.41) is 11.1. The lowest BCUT2D eigenvalue weighted by Crippen LogP contribution is -2.39. The van der Waals surface area contributed by atoms with Crippen molar-refractivity contribution >= 4 is 11.9 Å². The van der Waals surface area contributed by atoms with Crippen molar-refractivity contribution in [2.75, 3.05) is 13.7 Å². The number of carboxylic acid groups (broad SMARTS) is 1. The first-order valence-corrected chi connectivity index (χ1v) is 5.24. The minimum Gasteiger partial charge on any atom is -0.480 e. The number of aliphatic carboxylic acids is 1. The molecule has 1 aromatic rings. The lowest BCUT2D eigenvalue weighted by Gasteiger charge is -2.11. The van der Waals surface area contributed by atoms with Crippen LogP contribution in [-0.4, -0.2) is 41.3 Å². The van der Waals surface area contributed by atoms with Crippen LogP contribution in [0.3, 0.4) is 0 Å². The van der Waals surface area contributed by atoms with Gasteiger partial charge in [-0.15, -0.1) is 0 Å². The maximum Gasteiger partial charge on any atom is 0.325 e. The normalized spacial score (nSPS) is 12.1. The van der Waals surface area contributed by atoms with Crippen LogP contribution in [0, 0.1) is 0 Å². The summed E-state index contributed by atoms with van der Waals surface area (Å²) in [6.45, 7) is 2.46. The topological polar surface area (TPSA) is 80.6 Å². The van der Waals surface area contributed by atoms with Crippen molar-refractivity contribution in [1.29, 1.82) is 0 Å². The van der Waals surface area contributed by atoms with E-state index in [0.717, 1.165) is 0 Å². The summed E-state index contributed by atoms with van der Waals surface area (Å²) in [5.74, 6) is -1.46. The van der Waals surface area contributed by atoms with Gasteiger partial charge in [0.25, 0.3) is 5.91 Å². The molecule has 0 spiro atoms. The first kappa shape index (κ1) is 13.2. The first-order chi connectivity index (χ1) is 8.06. The Labute approximate surface area is 99.2 Å². The number of nitrogens with zero attached hydrogens (tertiary/aromatic N) is 1. The number of aromatic nitrogens is 1. The molecule has 1 aromatic heterocycles. The fourth-order valence-corrected chi connectivity index (χ4v) is 1.34. The van der Waals surface area contributed by atoms with Crippen molar-refractivity contribution in [1.82, 2.24) is 9.88 Å². The van der Waals surface area contributed by atoms with Crippen LogP contribution in [0.15, 0.2) is 18.3 Å². The molecule has 1 amide bonds. The lowest BCUT2D eigenvalue weighted by atomic mass is 10.3. The van der Waals surface area contributed by atoms with E-state index in [1.165, 1.54) is 6.92 Å². The standard InChI is InChI=1S/C11H16N2O4/c1-8(11(15)16)12-10(14)9-4-3-5-13(9)6-7-17-2/h3-5,8H,6-7H2,1-2H3,(H,12,14)(H,15,16)/t8-/m1/s1. The summed E-state index contributed by atoms with van der Waals surface area (Å²) >= 11 is 0. The molecule has 0 bridgehead atoms. The van der Waals surface area contributed by atoms with E-state index in [1.807, 2.05) is 0 Å². The van der Waals surface area contributed by atoms with Crippen LogP contribution in [0.5, 0.6) is 0 Å². The van der Waals surface area contributed by atoms with Gasteiger partial charge in [-0.1, -0.05) is 0 Å². The molecule has 17 heavy (non-hydrogen) atoms. The summed E-state index contributed by atoms with van der Waals surface area (Å²) in [6, 6.07) is 2.46. The predicted octanol–water partition coefficient (Wildman–Crippen LogP) is 0.337. The maximum atomic E-state index is 11.8. The van der Waals surface area contributed by atoms with Crippen LogP contribution in [-0.2, 0) is 16.1 Å². The van der Waals surface area contributed by atoms with Gasteiger partial charge < -0.3 is 19.7 Å². The van der Waals surface area contributed by atoms with Crippen molar-refractivity contribution in [3.8, 4) is 0 Å². The molecule has 0 aliphatic rings. The Hall–Kier alpha value is -1.82. The molecule has 0 fully saturated rings. The third kappa shape index (κ3) is 3.60. The molecule has 1 atom stereocenters. The third-order valence-electron chi connectivity index (χ3n) is 2.32. The van der Waals surface area contributed by atoms with Gasteiger partial charge in [0.1, 0.15) is 11.7 Å². The average Bonchev–Trinajstić information content (AvgIpc) is 2.74. The number of methoxy groups -OCH3 is 1. The fourth-order valence-electron chi connectivity index (χ4n) is 1.34. The number of carboxylic acids is 1. The Bertz CT molecular complexity index is 400. The smallest absolute Gasteiger partial charge is 0.325 e. The highest BCUT2D eigenvalue weighted by Gasteiger charge is 2.17. The van der Waals surface area contributed by atoms with E-state index in [4.69, 9.17) is 9.84 Å². The molecule has 2 N–H and O–H groups in total. The van der Waals surface area contributed by atoms with E-state index < -0.39 is 17.9 Å². The Balaban J connectivity index is 2.68. The predicted molar refractivity (Wildman–Crippen MR) is 60.9 cm³/mol. The number of carbonyl (C=O) groups excluding carboxylic acids is 1. The third-order valence-corrected chi connectivity index (χ3v) is 2.32. The molecular formula is C11H16N2O4. The molecule has 0 saturated heterocycles. The van der Waals surface area contributed by atoms with E-state index in [9.17, 15) is 9.59 Å². The molecular weight excluding hydrogens is 224 g/mol. The molecule has 0 aliphatic heterocycles. The second-order valence-corrected chi connectivity index (χ2v) is 3.61. The van der Waals surface area contributed by atoms with Gasteiger partial charge in [-0.05, 0) is 19.1 Å². The SMILES string of the molecule is COCCn1cccc1C(=O)N[C@H](C)C(=O)O. The van der Waals surface area contributed by atoms with Crippen LogP contribution < -0.4 is 5.32 Å². The average molecular weight is 240 g/mol. The number of amides is 1. The van der Waals surface area contributed by atoms with Crippen LogP contribution >= 0.6 is 0 Å². The van der Waals surface area contributed by atoms with Gasteiger partial charge >= 0.3 is 5.97 Å². The quantitative estimate of drug-likeness (QED) is 0.751. The van der Waals surface area contributed by atoms with Gasteiger partial charge in [0.2, 0.25) is 0 Å². The minimum absolute atomic E-state index is 0.402. The molecule has 0 aliphatic carbocycles. The largest absolute Gasteiger partial charge is 0.480 e. The molecule has 1 heterocycles. The molecule has 6 nitrogen and oxygen atoms in total. The number of hydrogen-bond donors (Lipinski definition) is 2. The zero-order valence-electron chi connectivity index (χ0n) is 9.84. The van der Waals surface area contributed by atoms with Crippen molar-refractivity contribution in [2.24, 2.45) is 0 Å². The van der Waals surface area contributed by atoms with Gasteiger partial charge in [-0.2, -0.15) is 0 Å². The zero-order chi connectivity index (χ0) is 12.8. The molecule has 0 radical (unpaired) electrons. The number of nitrogens with one attached hydrogen (secondary N) is 1. The number of rotatable bonds is 6. The van der Waals surface area contributed by atoms with E-state index in [1.54, 1.807) is 30.0 Å². The molecule has 0 aromatic carbocycles. The van der Waals surface area contributed by atoms with Gasteiger partial charge in [-0.25, -0.2) is 0 Å². The van der Waals surface area contributed by atoms with Crippen LogP contribution in [0.25, 0.3) is 0 Å². The Kier molecular flexibility index (Phi) is 4.71. The van der Waals surface area contributed by atoms with Gasteiger partial charge in [0.05, 0.1) is 6.61 Å². The molecule has 0 unspecified atom stereocenters. The van der Waals surface area contributed by atoms with Gasteiger partial charge in [0.15, 0.2) is 0 Å². The van der Waals surface area contributed by atoms with Crippen molar-refractivity contribution in [2.45, 2.75) is 19.5 Å². The van der Waals surface area contributed by atoms with Crippen LogP contribution in [0.1, 0.15) is 17.4 Å². The summed E-state index contributed by atoms with van der Waals surface area (Å²) in [6.07, 6.45) is 1.75. The van der Waals surface area contributed by atoms with E-state index in [0.29, 0.717) is 18.8 Å². The second kappa shape index (κ2) is 6.05. The number of hydrogen-bond acceptors (Lipinski definition) is 3. The van der Waals surface area contributed by atoms with Crippen molar-refractivity contribution in [3.05, 3.63) is 24.0 Å². The summed E-state index contributed by atoms with van der Waals surface area (Å²) < 4.78 is 6.64. The number of carbonyl (C=O) groups is 2. The van der Waals surface area contributed by atoms with Crippen LogP contribution in [0.2, 0.25) is 0 Å².